The lowest BCUT2D eigenvalue weighted by Gasteiger charge is -2.04. The fraction of sp³-hybridized carbons (Fsp3) is 0.500. The molecule has 3 heteroatoms. The minimum atomic E-state index is 0.160. The van der Waals surface area contributed by atoms with Crippen LogP contribution in [0, 0.1) is 0 Å². The van der Waals surface area contributed by atoms with E-state index in [0.29, 0.717) is 6.42 Å². The minimum absolute atomic E-state index is 0.160. The lowest BCUT2D eigenvalue weighted by Crippen LogP contribution is -2.23. The quantitative estimate of drug-likeness (QED) is 0.740. The topological polar surface area (TPSA) is 29.1 Å². The predicted molar refractivity (Wildman–Crippen MR) is 72.3 cm³/mol. The van der Waals surface area contributed by atoms with Gasteiger partial charge in [-0.05, 0) is 37.0 Å². The van der Waals surface area contributed by atoms with Gasteiger partial charge in [-0.15, -0.1) is 0 Å². The Morgan fingerprint density at radius 1 is 1.24 bits per heavy atom. The van der Waals surface area contributed by atoms with Crippen molar-refractivity contribution in [3.8, 4) is 0 Å². The summed E-state index contributed by atoms with van der Waals surface area (Å²) in [5.41, 5.74) is 1.23. The van der Waals surface area contributed by atoms with Gasteiger partial charge < -0.3 is 5.32 Å². The fourth-order valence-electron chi connectivity index (χ4n) is 1.60. The molecule has 0 fully saturated rings. The van der Waals surface area contributed by atoms with E-state index >= 15 is 0 Å². The largest absolute Gasteiger partial charge is 0.356 e. The number of aryl methyl sites for hydroxylation is 1. The lowest BCUT2D eigenvalue weighted by atomic mass is 10.1. The molecule has 1 aromatic carbocycles. The third kappa shape index (κ3) is 6.32. The van der Waals surface area contributed by atoms with Crippen molar-refractivity contribution in [3.63, 3.8) is 0 Å². The Morgan fingerprint density at radius 2 is 1.94 bits per heavy atom. The Bertz CT molecular complexity index is 335. The van der Waals surface area contributed by atoms with Crippen LogP contribution in [0.5, 0.6) is 0 Å². The van der Waals surface area contributed by atoms with Gasteiger partial charge in [0.2, 0.25) is 5.91 Å². The van der Waals surface area contributed by atoms with Crippen LogP contribution in [0.4, 0.5) is 0 Å². The van der Waals surface area contributed by atoms with E-state index in [9.17, 15) is 4.79 Å². The van der Waals surface area contributed by atoms with Crippen LogP contribution >= 0.6 is 11.6 Å². The standard InChI is InChI=1S/C14H20ClNO/c1-2-3-11-16-14(17)6-4-5-12-7-9-13(15)10-8-12/h7-10H,2-6,11H2,1H3,(H,16,17). The van der Waals surface area contributed by atoms with Gasteiger partial charge >= 0.3 is 0 Å². The van der Waals surface area contributed by atoms with Gasteiger partial charge in [0.25, 0.3) is 0 Å². The molecule has 1 N–H and O–H groups in total. The van der Waals surface area contributed by atoms with E-state index < -0.39 is 0 Å². The normalized spacial score (nSPS) is 10.2. The molecule has 0 saturated carbocycles. The van der Waals surface area contributed by atoms with Crippen molar-refractivity contribution in [3.05, 3.63) is 34.9 Å². The summed E-state index contributed by atoms with van der Waals surface area (Å²) < 4.78 is 0. The maximum atomic E-state index is 11.4. The van der Waals surface area contributed by atoms with Crippen molar-refractivity contribution < 1.29 is 4.79 Å². The van der Waals surface area contributed by atoms with E-state index in [2.05, 4.69) is 12.2 Å². The number of carbonyl (C=O) groups excluding carboxylic acids is 1. The number of hydrogen-bond acceptors (Lipinski definition) is 1. The maximum absolute atomic E-state index is 11.4. The van der Waals surface area contributed by atoms with Crippen LogP contribution in [0.1, 0.15) is 38.2 Å². The van der Waals surface area contributed by atoms with Crippen LogP contribution in [-0.4, -0.2) is 12.5 Å². The van der Waals surface area contributed by atoms with Gasteiger partial charge in [-0.1, -0.05) is 37.1 Å². The Kier molecular flexibility index (Phi) is 6.71. The Morgan fingerprint density at radius 3 is 2.59 bits per heavy atom. The average molecular weight is 254 g/mol. The second kappa shape index (κ2) is 8.13. The molecule has 0 unspecified atom stereocenters. The average Bonchev–Trinajstić information content (AvgIpc) is 2.32. The highest BCUT2D eigenvalue weighted by atomic mass is 35.5. The molecule has 1 aromatic rings. The molecule has 0 bridgehead atoms. The molecule has 0 aliphatic rings. The second-order valence-electron chi connectivity index (χ2n) is 4.18. The number of nitrogens with one attached hydrogen (secondary N) is 1. The van der Waals surface area contributed by atoms with Crippen LogP contribution in [0.15, 0.2) is 24.3 Å². The summed E-state index contributed by atoms with van der Waals surface area (Å²) in [6.45, 7) is 2.92. The number of amides is 1. The van der Waals surface area contributed by atoms with E-state index in [0.717, 1.165) is 37.3 Å². The first-order valence-electron chi connectivity index (χ1n) is 6.23. The molecule has 1 rings (SSSR count). The van der Waals surface area contributed by atoms with E-state index in [1.54, 1.807) is 0 Å². The zero-order chi connectivity index (χ0) is 12.5. The van der Waals surface area contributed by atoms with E-state index in [-0.39, 0.29) is 5.91 Å². The van der Waals surface area contributed by atoms with Crippen LogP contribution in [0.3, 0.4) is 0 Å². The molecule has 0 radical (unpaired) electrons. The molecular weight excluding hydrogens is 234 g/mol. The lowest BCUT2D eigenvalue weighted by molar-refractivity contribution is -0.121. The zero-order valence-electron chi connectivity index (χ0n) is 10.3. The molecule has 0 atom stereocenters. The SMILES string of the molecule is CCCCNC(=O)CCCc1ccc(Cl)cc1. The van der Waals surface area contributed by atoms with E-state index in [1.807, 2.05) is 24.3 Å². The molecule has 0 spiro atoms. The fourth-order valence-corrected chi connectivity index (χ4v) is 1.72. The summed E-state index contributed by atoms with van der Waals surface area (Å²) in [5.74, 6) is 0.160. The van der Waals surface area contributed by atoms with Gasteiger partial charge in [-0.25, -0.2) is 0 Å². The molecule has 94 valence electrons. The van der Waals surface area contributed by atoms with Crippen molar-refractivity contribution in [2.45, 2.75) is 39.0 Å². The Hall–Kier alpha value is -1.02. The third-order valence-electron chi connectivity index (χ3n) is 2.64. The summed E-state index contributed by atoms with van der Waals surface area (Å²) >= 11 is 5.80. The molecule has 0 aromatic heterocycles. The Balaban J connectivity index is 2.14. The molecular formula is C14H20ClNO. The monoisotopic (exact) mass is 253 g/mol. The number of rotatable bonds is 7. The molecule has 0 heterocycles. The van der Waals surface area contributed by atoms with Crippen LogP contribution in [0.2, 0.25) is 5.02 Å². The third-order valence-corrected chi connectivity index (χ3v) is 2.89. The number of unbranched alkanes of at least 4 members (excludes halogenated alkanes) is 1. The predicted octanol–water partition coefficient (Wildman–Crippen LogP) is 3.58. The maximum Gasteiger partial charge on any atom is 0.220 e. The minimum Gasteiger partial charge on any atom is -0.356 e. The van der Waals surface area contributed by atoms with Crippen molar-refractivity contribution in [1.29, 1.82) is 0 Å². The van der Waals surface area contributed by atoms with Crippen molar-refractivity contribution in [2.75, 3.05) is 6.54 Å². The van der Waals surface area contributed by atoms with Crippen LogP contribution in [0.25, 0.3) is 0 Å². The summed E-state index contributed by atoms with van der Waals surface area (Å²) in [5, 5.41) is 3.67. The number of hydrogen-bond donors (Lipinski definition) is 1. The van der Waals surface area contributed by atoms with Gasteiger partial charge in [-0.2, -0.15) is 0 Å². The number of carbonyl (C=O) groups is 1. The van der Waals surface area contributed by atoms with E-state index in [1.165, 1.54) is 5.56 Å². The first kappa shape index (κ1) is 14.0. The summed E-state index contributed by atoms with van der Waals surface area (Å²) in [7, 11) is 0. The highest BCUT2D eigenvalue weighted by molar-refractivity contribution is 6.30. The van der Waals surface area contributed by atoms with E-state index in [4.69, 9.17) is 11.6 Å². The van der Waals surface area contributed by atoms with Crippen molar-refractivity contribution in [2.24, 2.45) is 0 Å². The smallest absolute Gasteiger partial charge is 0.220 e. The first-order chi connectivity index (χ1) is 8.22. The number of benzene rings is 1. The van der Waals surface area contributed by atoms with Gasteiger partial charge in [0, 0.05) is 18.0 Å². The van der Waals surface area contributed by atoms with Gasteiger partial charge in [0.15, 0.2) is 0 Å². The van der Waals surface area contributed by atoms with Gasteiger partial charge in [0.05, 0.1) is 0 Å². The van der Waals surface area contributed by atoms with Crippen LogP contribution < -0.4 is 5.32 Å². The van der Waals surface area contributed by atoms with Crippen molar-refractivity contribution >= 4 is 17.5 Å². The summed E-state index contributed by atoms with van der Waals surface area (Å²) in [6.07, 6.45) is 4.60. The van der Waals surface area contributed by atoms with Gasteiger partial charge in [0.1, 0.15) is 0 Å². The molecule has 0 aliphatic heterocycles. The Labute approximate surface area is 108 Å². The van der Waals surface area contributed by atoms with Gasteiger partial charge in [-0.3, -0.25) is 4.79 Å². The molecule has 0 aliphatic carbocycles. The highest BCUT2D eigenvalue weighted by Crippen LogP contribution is 2.11. The first-order valence-corrected chi connectivity index (χ1v) is 6.61. The molecule has 1 amide bonds. The molecule has 0 saturated heterocycles. The zero-order valence-corrected chi connectivity index (χ0v) is 11.1. The van der Waals surface area contributed by atoms with Crippen molar-refractivity contribution in [1.82, 2.24) is 5.32 Å². The molecule has 17 heavy (non-hydrogen) atoms. The highest BCUT2D eigenvalue weighted by Gasteiger charge is 2.00. The van der Waals surface area contributed by atoms with Crippen LogP contribution in [-0.2, 0) is 11.2 Å². The summed E-state index contributed by atoms with van der Waals surface area (Å²) in [6, 6.07) is 7.80. The second-order valence-corrected chi connectivity index (χ2v) is 4.62. The number of halogens is 1. The summed E-state index contributed by atoms with van der Waals surface area (Å²) in [4.78, 5) is 11.4. The molecule has 2 nitrogen and oxygen atoms in total.